The second kappa shape index (κ2) is 4.83. The molecule has 1 aliphatic rings. The van der Waals surface area contributed by atoms with Crippen molar-refractivity contribution >= 4 is 22.9 Å². The van der Waals surface area contributed by atoms with E-state index in [9.17, 15) is 9.59 Å². The Balaban J connectivity index is 1.87. The number of rotatable bonds is 2. The summed E-state index contributed by atoms with van der Waals surface area (Å²) >= 11 is 0. The van der Waals surface area contributed by atoms with Crippen molar-refractivity contribution in [1.82, 2.24) is 20.1 Å². The molecule has 0 aromatic carbocycles. The first kappa shape index (κ1) is 13.5. The van der Waals surface area contributed by atoms with Crippen LogP contribution in [0.2, 0.25) is 0 Å². The van der Waals surface area contributed by atoms with Crippen molar-refractivity contribution in [2.24, 2.45) is 11.8 Å². The van der Waals surface area contributed by atoms with Crippen LogP contribution in [-0.4, -0.2) is 50.2 Å². The number of aryl methyl sites for hydroxylation is 1. The summed E-state index contributed by atoms with van der Waals surface area (Å²) in [4.78, 5) is 29.4. The van der Waals surface area contributed by atoms with Gasteiger partial charge in [0.25, 0.3) is 5.91 Å². The Labute approximate surface area is 121 Å². The standard InChI is InChI=1S/C14H16N4O3/c1-7-5-18(6-11(7)14(20)21)13(19)9-3-10-8(2)16-17-12(10)15-4-9/h3-4,7,11H,5-6H2,1-2H3,(H,20,21)(H,15,16,17)/t7-,11-/m1/s1. The summed E-state index contributed by atoms with van der Waals surface area (Å²) in [6.45, 7) is 4.42. The van der Waals surface area contributed by atoms with Crippen LogP contribution in [0.15, 0.2) is 12.3 Å². The number of hydrogen-bond donors (Lipinski definition) is 2. The minimum atomic E-state index is -0.850. The molecule has 110 valence electrons. The molecule has 0 aliphatic carbocycles. The van der Waals surface area contributed by atoms with Crippen LogP contribution in [0.5, 0.6) is 0 Å². The van der Waals surface area contributed by atoms with Crippen LogP contribution >= 0.6 is 0 Å². The summed E-state index contributed by atoms with van der Waals surface area (Å²) in [5.74, 6) is -1.57. The Kier molecular flexibility index (Phi) is 3.12. The van der Waals surface area contributed by atoms with E-state index in [0.29, 0.717) is 17.8 Å². The predicted octanol–water partition coefficient (Wildman–Crippen LogP) is 1.06. The van der Waals surface area contributed by atoms with Crippen LogP contribution in [0, 0.1) is 18.8 Å². The van der Waals surface area contributed by atoms with Crippen molar-refractivity contribution in [1.29, 1.82) is 0 Å². The van der Waals surface area contributed by atoms with E-state index in [1.165, 1.54) is 6.20 Å². The molecule has 7 heteroatoms. The van der Waals surface area contributed by atoms with Crippen molar-refractivity contribution in [2.45, 2.75) is 13.8 Å². The molecule has 1 saturated heterocycles. The minimum absolute atomic E-state index is 0.0428. The fourth-order valence-electron chi connectivity index (χ4n) is 2.77. The third-order valence-electron chi connectivity index (χ3n) is 4.06. The van der Waals surface area contributed by atoms with E-state index in [4.69, 9.17) is 5.11 Å². The van der Waals surface area contributed by atoms with Gasteiger partial charge in [-0.1, -0.05) is 6.92 Å². The number of likely N-dealkylation sites (tertiary alicyclic amines) is 1. The van der Waals surface area contributed by atoms with Crippen molar-refractivity contribution in [3.05, 3.63) is 23.5 Å². The van der Waals surface area contributed by atoms with Gasteiger partial charge in [-0.05, 0) is 18.9 Å². The van der Waals surface area contributed by atoms with Crippen molar-refractivity contribution in [3.63, 3.8) is 0 Å². The summed E-state index contributed by atoms with van der Waals surface area (Å²) in [5, 5.41) is 16.8. The third-order valence-corrected chi connectivity index (χ3v) is 4.06. The van der Waals surface area contributed by atoms with Gasteiger partial charge >= 0.3 is 5.97 Å². The molecule has 0 bridgehead atoms. The fourth-order valence-corrected chi connectivity index (χ4v) is 2.77. The van der Waals surface area contributed by atoms with Gasteiger partial charge < -0.3 is 10.0 Å². The van der Waals surface area contributed by atoms with Crippen LogP contribution in [0.4, 0.5) is 0 Å². The third kappa shape index (κ3) is 2.24. The van der Waals surface area contributed by atoms with Gasteiger partial charge in [-0.3, -0.25) is 14.7 Å². The molecule has 3 rings (SSSR count). The second-order valence-electron chi connectivity index (χ2n) is 5.58. The van der Waals surface area contributed by atoms with Gasteiger partial charge in [-0.2, -0.15) is 5.10 Å². The molecule has 1 amide bonds. The fraction of sp³-hybridized carbons (Fsp3) is 0.429. The lowest BCUT2D eigenvalue weighted by Crippen LogP contribution is -2.30. The number of nitrogens with one attached hydrogen (secondary N) is 1. The number of carboxylic acids is 1. The zero-order chi connectivity index (χ0) is 15.1. The molecule has 1 fully saturated rings. The smallest absolute Gasteiger partial charge is 0.308 e. The Morgan fingerprint density at radius 3 is 2.86 bits per heavy atom. The number of H-pyrrole nitrogens is 1. The molecular formula is C14H16N4O3. The Morgan fingerprint density at radius 2 is 2.19 bits per heavy atom. The maximum atomic E-state index is 12.5. The number of carbonyl (C=O) groups excluding carboxylic acids is 1. The maximum Gasteiger partial charge on any atom is 0.308 e. The summed E-state index contributed by atoms with van der Waals surface area (Å²) < 4.78 is 0. The lowest BCUT2D eigenvalue weighted by atomic mass is 9.99. The van der Waals surface area contributed by atoms with Crippen molar-refractivity contribution in [3.8, 4) is 0 Å². The van der Waals surface area contributed by atoms with E-state index in [0.717, 1.165) is 11.1 Å². The van der Waals surface area contributed by atoms with E-state index < -0.39 is 11.9 Å². The first-order chi connectivity index (χ1) is 9.97. The molecule has 7 nitrogen and oxygen atoms in total. The van der Waals surface area contributed by atoms with Gasteiger partial charge in [0.2, 0.25) is 0 Å². The number of aromatic nitrogens is 3. The highest BCUT2D eigenvalue weighted by Gasteiger charge is 2.37. The number of aromatic amines is 1. The topological polar surface area (TPSA) is 99.2 Å². The number of fused-ring (bicyclic) bond motifs is 1. The molecule has 2 atom stereocenters. The van der Waals surface area contributed by atoms with E-state index in [2.05, 4.69) is 15.2 Å². The number of pyridine rings is 1. The quantitative estimate of drug-likeness (QED) is 0.860. The summed E-state index contributed by atoms with van der Waals surface area (Å²) in [5.41, 5.74) is 1.89. The van der Waals surface area contributed by atoms with E-state index in [-0.39, 0.29) is 18.4 Å². The van der Waals surface area contributed by atoms with E-state index in [1.807, 2.05) is 13.8 Å². The molecule has 2 aromatic heterocycles. The Hall–Kier alpha value is -2.44. The molecule has 1 aliphatic heterocycles. The minimum Gasteiger partial charge on any atom is -0.481 e. The highest BCUT2D eigenvalue weighted by atomic mass is 16.4. The molecule has 0 saturated carbocycles. The number of aliphatic carboxylic acids is 1. The average Bonchev–Trinajstić information content (AvgIpc) is 3.02. The molecule has 0 spiro atoms. The monoisotopic (exact) mass is 288 g/mol. The normalized spacial score (nSPS) is 21.9. The van der Waals surface area contributed by atoms with Crippen LogP contribution in [0.25, 0.3) is 11.0 Å². The van der Waals surface area contributed by atoms with Crippen LogP contribution in [-0.2, 0) is 4.79 Å². The van der Waals surface area contributed by atoms with Gasteiger partial charge in [-0.25, -0.2) is 4.98 Å². The zero-order valence-electron chi connectivity index (χ0n) is 11.8. The zero-order valence-corrected chi connectivity index (χ0v) is 11.8. The molecule has 2 N–H and O–H groups in total. The van der Waals surface area contributed by atoms with Gasteiger partial charge in [-0.15, -0.1) is 0 Å². The van der Waals surface area contributed by atoms with Gasteiger partial charge in [0, 0.05) is 30.4 Å². The molecule has 0 unspecified atom stereocenters. The number of carboxylic acid groups (broad SMARTS) is 1. The largest absolute Gasteiger partial charge is 0.481 e. The molecule has 0 radical (unpaired) electrons. The number of nitrogens with zero attached hydrogens (tertiary/aromatic N) is 3. The van der Waals surface area contributed by atoms with Crippen LogP contribution < -0.4 is 0 Å². The number of carbonyl (C=O) groups is 2. The SMILES string of the molecule is Cc1[nH]nc2ncc(C(=O)N3C[C@@H](C)[C@H](C(=O)O)C3)cc12. The lowest BCUT2D eigenvalue weighted by Gasteiger charge is -2.15. The number of amides is 1. The first-order valence-corrected chi connectivity index (χ1v) is 6.80. The first-order valence-electron chi connectivity index (χ1n) is 6.80. The highest BCUT2D eigenvalue weighted by molar-refractivity contribution is 5.97. The van der Waals surface area contributed by atoms with Crippen molar-refractivity contribution < 1.29 is 14.7 Å². The lowest BCUT2D eigenvalue weighted by molar-refractivity contribution is -0.142. The Bertz CT molecular complexity index is 724. The predicted molar refractivity (Wildman–Crippen MR) is 74.8 cm³/mol. The molecule has 2 aromatic rings. The maximum absolute atomic E-state index is 12.5. The summed E-state index contributed by atoms with van der Waals surface area (Å²) in [6.07, 6.45) is 1.49. The molecule has 3 heterocycles. The Morgan fingerprint density at radius 1 is 1.43 bits per heavy atom. The van der Waals surface area contributed by atoms with Gasteiger partial charge in [0.15, 0.2) is 5.65 Å². The van der Waals surface area contributed by atoms with E-state index >= 15 is 0 Å². The van der Waals surface area contributed by atoms with Gasteiger partial charge in [0.1, 0.15) is 0 Å². The molecular weight excluding hydrogens is 272 g/mol. The number of hydrogen-bond acceptors (Lipinski definition) is 4. The summed E-state index contributed by atoms with van der Waals surface area (Å²) in [7, 11) is 0. The highest BCUT2D eigenvalue weighted by Crippen LogP contribution is 2.25. The van der Waals surface area contributed by atoms with Crippen LogP contribution in [0.3, 0.4) is 0 Å². The second-order valence-corrected chi connectivity index (χ2v) is 5.58. The average molecular weight is 288 g/mol. The summed E-state index contributed by atoms with van der Waals surface area (Å²) in [6, 6.07) is 1.75. The molecule has 21 heavy (non-hydrogen) atoms. The van der Waals surface area contributed by atoms with E-state index in [1.54, 1.807) is 11.0 Å². The van der Waals surface area contributed by atoms with Crippen LogP contribution in [0.1, 0.15) is 23.0 Å². The van der Waals surface area contributed by atoms with Gasteiger partial charge in [0.05, 0.1) is 11.5 Å². The van der Waals surface area contributed by atoms with Crippen molar-refractivity contribution in [2.75, 3.05) is 13.1 Å².